The summed E-state index contributed by atoms with van der Waals surface area (Å²) in [5.41, 5.74) is 3.30. The number of benzene rings is 2. The Morgan fingerprint density at radius 2 is 1.81 bits per heavy atom. The molecule has 4 rings (SSSR count). The molecule has 0 saturated carbocycles. The lowest BCUT2D eigenvalue weighted by Crippen LogP contribution is -2.42. The number of carboxylic acid groups (broad SMARTS) is 1. The van der Waals surface area contributed by atoms with Crippen molar-refractivity contribution in [2.45, 2.75) is 19.0 Å². The highest BCUT2D eigenvalue weighted by Crippen LogP contribution is 2.19. The highest BCUT2D eigenvalue weighted by molar-refractivity contribution is 5.77. The molecule has 36 heavy (non-hydrogen) atoms. The van der Waals surface area contributed by atoms with E-state index >= 15 is 0 Å². The molecule has 0 amide bonds. The van der Waals surface area contributed by atoms with Gasteiger partial charge < -0.3 is 26.4 Å². The highest BCUT2D eigenvalue weighted by atomic mass is 16.4. The molecule has 1 fully saturated rings. The summed E-state index contributed by atoms with van der Waals surface area (Å²) in [7, 11) is 1.68. The first-order valence-electron chi connectivity index (χ1n) is 11.7. The van der Waals surface area contributed by atoms with Crippen molar-refractivity contribution in [3.8, 4) is 6.07 Å². The third-order valence-corrected chi connectivity index (χ3v) is 5.78. The minimum atomic E-state index is -1.04. The number of aromatic nitrogens is 3. The zero-order valence-corrected chi connectivity index (χ0v) is 20.0. The van der Waals surface area contributed by atoms with Gasteiger partial charge in [0.1, 0.15) is 6.04 Å². The van der Waals surface area contributed by atoms with Crippen molar-refractivity contribution in [1.29, 1.82) is 5.26 Å². The number of carboxylic acids is 1. The molecule has 1 aliphatic heterocycles. The molecule has 2 heterocycles. The lowest BCUT2D eigenvalue weighted by atomic mass is 10.0. The summed E-state index contributed by atoms with van der Waals surface area (Å²) in [6.07, 6.45) is 0.193. The standard InChI is InChI=1S/C25H29N9O2/c1-27-23-31-24(29-20-4-2-3-19(13-20)16-34-11-9-28-10-12-34)33-25(32-23)30-21(22(35)36)14-17-5-7-18(15-26)8-6-17/h2-8,13,21,28H,9-12,14,16H2,1H3,(H,35,36)(H3,27,29,30,31,32,33). The van der Waals surface area contributed by atoms with Gasteiger partial charge in [-0.2, -0.15) is 20.2 Å². The van der Waals surface area contributed by atoms with Gasteiger partial charge in [0.2, 0.25) is 17.8 Å². The smallest absolute Gasteiger partial charge is 0.326 e. The molecule has 1 unspecified atom stereocenters. The molecule has 1 saturated heterocycles. The van der Waals surface area contributed by atoms with E-state index in [1.807, 2.05) is 12.1 Å². The van der Waals surface area contributed by atoms with Crippen LogP contribution in [-0.2, 0) is 17.8 Å². The summed E-state index contributed by atoms with van der Waals surface area (Å²) >= 11 is 0. The van der Waals surface area contributed by atoms with Crippen LogP contribution in [0.15, 0.2) is 48.5 Å². The molecule has 1 aliphatic rings. The van der Waals surface area contributed by atoms with Crippen LogP contribution in [0.4, 0.5) is 23.5 Å². The van der Waals surface area contributed by atoms with Crippen LogP contribution in [0.25, 0.3) is 0 Å². The summed E-state index contributed by atoms with van der Waals surface area (Å²) in [5, 5.41) is 31.1. The van der Waals surface area contributed by atoms with Crippen LogP contribution in [0.2, 0.25) is 0 Å². The fourth-order valence-corrected chi connectivity index (χ4v) is 3.92. The molecule has 0 aliphatic carbocycles. The first-order valence-corrected chi connectivity index (χ1v) is 11.7. The third-order valence-electron chi connectivity index (χ3n) is 5.78. The maximum Gasteiger partial charge on any atom is 0.326 e. The molecule has 1 atom stereocenters. The molecular weight excluding hydrogens is 458 g/mol. The van der Waals surface area contributed by atoms with Crippen LogP contribution in [0.1, 0.15) is 16.7 Å². The number of piperazine rings is 1. The molecule has 11 nitrogen and oxygen atoms in total. The zero-order chi connectivity index (χ0) is 25.3. The van der Waals surface area contributed by atoms with Gasteiger partial charge >= 0.3 is 5.97 Å². The first kappa shape index (κ1) is 24.8. The fourth-order valence-electron chi connectivity index (χ4n) is 3.92. The molecule has 0 spiro atoms. The van der Waals surface area contributed by atoms with Crippen molar-refractivity contribution >= 4 is 29.5 Å². The van der Waals surface area contributed by atoms with E-state index < -0.39 is 12.0 Å². The SMILES string of the molecule is CNc1nc(Nc2cccc(CN3CCNCC3)c2)nc(NC(Cc2ccc(C#N)cc2)C(=O)O)n1. The van der Waals surface area contributed by atoms with Gasteiger partial charge in [-0.25, -0.2) is 4.79 Å². The third kappa shape index (κ3) is 6.88. The van der Waals surface area contributed by atoms with Gasteiger partial charge in [0, 0.05) is 51.9 Å². The number of rotatable bonds is 10. The molecule has 11 heteroatoms. The van der Waals surface area contributed by atoms with Crippen LogP contribution in [0.5, 0.6) is 0 Å². The molecular formula is C25H29N9O2. The van der Waals surface area contributed by atoms with Crippen LogP contribution in [0, 0.1) is 11.3 Å². The Balaban J connectivity index is 1.48. The van der Waals surface area contributed by atoms with E-state index in [0.717, 1.165) is 44.0 Å². The van der Waals surface area contributed by atoms with E-state index in [-0.39, 0.29) is 12.4 Å². The minimum absolute atomic E-state index is 0.134. The second kappa shape index (κ2) is 11.9. The van der Waals surface area contributed by atoms with Gasteiger partial charge in [0.25, 0.3) is 0 Å². The predicted molar refractivity (Wildman–Crippen MR) is 137 cm³/mol. The number of carbonyl (C=O) groups is 1. The van der Waals surface area contributed by atoms with E-state index in [0.29, 0.717) is 17.5 Å². The predicted octanol–water partition coefficient (Wildman–Crippen LogP) is 2.04. The molecule has 2 aromatic carbocycles. The summed E-state index contributed by atoms with van der Waals surface area (Å²) in [6, 6.07) is 15.9. The Hall–Kier alpha value is -4.27. The van der Waals surface area contributed by atoms with Crippen molar-refractivity contribution in [1.82, 2.24) is 25.2 Å². The van der Waals surface area contributed by atoms with Gasteiger partial charge in [0.05, 0.1) is 11.6 Å². The Kier molecular flexibility index (Phi) is 8.23. The van der Waals surface area contributed by atoms with Crippen LogP contribution >= 0.6 is 0 Å². The van der Waals surface area contributed by atoms with E-state index in [9.17, 15) is 9.90 Å². The van der Waals surface area contributed by atoms with E-state index in [1.165, 1.54) is 5.56 Å². The van der Waals surface area contributed by atoms with Crippen molar-refractivity contribution in [2.24, 2.45) is 0 Å². The average molecular weight is 488 g/mol. The second-order valence-corrected chi connectivity index (χ2v) is 8.46. The fraction of sp³-hybridized carbons (Fsp3) is 0.320. The Bertz CT molecular complexity index is 1220. The van der Waals surface area contributed by atoms with Gasteiger partial charge in [0.15, 0.2) is 0 Å². The quantitative estimate of drug-likeness (QED) is 0.286. The molecule has 0 radical (unpaired) electrons. The molecule has 3 aromatic rings. The molecule has 1 aromatic heterocycles. The number of anilines is 4. The number of hydrogen-bond donors (Lipinski definition) is 5. The summed E-state index contributed by atoms with van der Waals surface area (Å²) in [4.78, 5) is 27.4. The Morgan fingerprint density at radius 3 is 2.50 bits per heavy atom. The normalized spacial score (nSPS) is 14.4. The van der Waals surface area contributed by atoms with Gasteiger partial charge in [-0.15, -0.1) is 0 Å². The number of nitrogens with one attached hydrogen (secondary N) is 4. The number of nitrogens with zero attached hydrogens (tertiary/aromatic N) is 5. The summed E-state index contributed by atoms with van der Waals surface area (Å²) < 4.78 is 0. The van der Waals surface area contributed by atoms with Crippen molar-refractivity contribution in [3.05, 3.63) is 65.2 Å². The highest BCUT2D eigenvalue weighted by Gasteiger charge is 2.20. The lowest BCUT2D eigenvalue weighted by Gasteiger charge is -2.27. The van der Waals surface area contributed by atoms with E-state index in [4.69, 9.17) is 5.26 Å². The number of aliphatic carboxylic acids is 1. The van der Waals surface area contributed by atoms with Crippen molar-refractivity contribution in [2.75, 3.05) is 49.2 Å². The largest absolute Gasteiger partial charge is 0.480 e. The van der Waals surface area contributed by atoms with E-state index in [1.54, 1.807) is 31.3 Å². The lowest BCUT2D eigenvalue weighted by molar-refractivity contribution is -0.137. The molecule has 5 N–H and O–H groups in total. The topological polar surface area (TPSA) is 151 Å². The number of hydrogen-bond acceptors (Lipinski definition) is 10. The van der Waals surface area contributed by atoms with Gasteiger partial charge in [-0.05, 0) is 35.4 Å². The zero-order valence-electron chi connectivity index (χ0n) is 20.0. The molecule has 186 valence electrons. The Labute approximate surface area is 209 Å². The van der Waals surface area contributed by atoms with Crippen LogP contribution < -0.4 is 21.3 Å². The average Bonchev–Trinajstić information content (AvgIpc) is 2.89. The van der Waals surface area contributed by atoms with Crippen LogP contribution in [-0.4, -0.2) is 70.2 Å². The number of nitriles is 1. The van der Waals surface area contributed by atoms with Crippen molar-refractivity contribution < 1.29 is 9.90 Å². The van der Waals surface area contributed by atoms with Gasteiger partial charge in [-0.1, -0.05) is 24.3 Å². The van der Waals surface area contributed by atoms with E-state index in [2.05, 4.69) is 59.3 Å². The first-order chi connectivity index (χ1) is 17.5. The second-order valence-electron chi connectivity index (χ2n) is 8.46. The maximum absolute atomic E-state index is 11.9. The maximum atomic E-state index is 11.9. The summed E-state index contributed by atoms with van der Waals surface area (Å²) in [6.45, 7) is 4.87. The molecule has 0 bridgehead atoms. The Morgan fingerprint density at radius 1 is 1.08 bits per heavy atom. The minimum Gasteiger partial charge on any atom is -0.480 e. The van der Waals surface area contributed by atoms with Crippen LogP contribution in [0.3, 0.4) is 0 Å². The summed E-state index contributed by atoms with van der Waals surface area (Å²) in [5.74, 6) is -0.316. The van der Waals surface area contributed by atoms with Crippen molar-refractivity contribution in [3.63, 3.8) is 0 Å². The van der Waals surface area contributed by atoms with Gasteiger partial charge in [-0.3, -0.25) is 4.90 Å². The monoisotopic (exact) mass is 487 g/mol.